The number of hydrogen-bond donors (Lipinski definition) is 0. The second kappa shape index (κ2) is 6.97. The molecule has 3 rings (SSSR count). The van der Waals surface area contributed by atoms with Crippen molar-refractivity contribution in [1.82, 2.24) is 0 Å². The first-order valence-corrected chi connectivity index (χ1v) is 7.84. The molecule has 0 spiro atoms. The third kappa shape index (κ3) is 3.07. The van der Waals surface area contributed by atoms with Gasteiger partial charge in [-0.25, -0.2) is 0 Å². The van der Waals surface area contributed by atoms with Gasteiger partial charge in [0.25, 0.3) is 0 Å². The number of benzene rings is 2. The van der Waals surface area contributed by atoms with Gasteiger partial charge in [0, 0.05) is 0 Å². The molecule has 2 aromatic carbocycles. The Labute approximate surface area is 156 Å². The van der Waals surface area contributed by atoms with E-state index in [9.17, 15) is 5.11 Å². The minimum absolute atomic E-state index is 0. The molecule has 0 N–H and O–H groups in total. The topological polar surface area (TPSA) is 35.5 Å². The monoisotopic (exact) mass is 315 g/mol. The second-order valence-corrected chi connectivity index (χ2v) is 6.82. The van der Waals surface area contributed by atoms with Gasteiger partial charge >= 0.3 is 18.9 Å². The summed E-state index contributed by atoms with van der Waals surface area (Å²) in [5.74, 6) is 0.797. The molecule has 0 fully saturated rings. The number of anilines is 1. The fraction of sp³-hybridized carbons (Fsp3) is 0.300. The first-order chi connectivity index (χ1) is 10.9. The summed E-state index contributed by atoms with van der Waals surface area (Å²) < 4.78 is 5.45. The summed E-state index contributed by atoms with van der Waals surface area (Å²) in [4.78, 5) is 1.84. The van der Waals surface area contributed by atoms with Crippen molar-refractivity contribution in [2.24, 2.45) is 5.41 Å². The minimum atomic E-state index is -0.171. The summed E-state index contributed by atoms with van der Waals surface area (Å²) in [6.07, 6.45) is 0. The number of hydrogen-bond acceptors (Lipinski definition) is 3. The molecule has 0 radical (unpaired) electrons. The molecular formula is C20H22LiNO2. The second-order valence-electron chi connectivity index (χ2n) is 6.82. The zero-order valence-corrected chi connectivity index (χ0v) is 15.0. The Morgan fingerprint density at radius 2 is 1.54 bits per heavy atom. The summed E-state index contributed by atoms with van der Waals surface area (Å²) in [5, 5.41) is 12.9. The summed E-state index contributed by atoms with van der Waals surface area (Å²) in [6, 6.07) is 17.8. The Morgan fingerprint density at radius 3 is 2.12 bits per heavy atom. The quantitative estimate of drug-likeness (QED) is 0.789. The summed E-state index contributed by atoms with van der Waals surface area (Å²) in [6.45, 7) is 6.28. The van der Waals surface area contributed by atoms with Crippen LogP contribution in [0.5, 0.6) is 5.75 Å². The fourth-order valence-electron chi connectivity index (χ4n) is 3.19. The van der Waals surface area contributed by atoms with E-state index in [1.165, 1.54) is 0 Å². The Morgan fingerprint density at radius 1 is 0.958 bits per heavy atom. The molecule has 0 aromatic heterocycles. The number of para-hydroxylation sites is 2. The average molecular weight is 315 g/mol. The van der Waals surface area contributed by atoms with Gasteiger partial charge < -0.3 is 14.7 Å². The van der Waals surface area contributed by atoms with Gasteiger partial charge in [0.05, 0.1) is 18.8 Å². The van der Waals surface area contributed by atoms with E-state index in [1.54, 1.807) is 7.11 Å². The Kier molecular flexibility index (Phi) is 5.38. The Bertz CT molecular complexity index is 735. The van der Waals surface area contributed by atoms with Crippen molar-refractivity contribution in [3.8, 4) is 5.75 Å². The van der Waals surface area contributed by atoms with Gasteiger partial charge in [0.1, 0.15) is 5.75 Å². The van der Waals surface area contributed by atoms with Gasteiger partial charge in [-0.3, -0.25) is 0 Å². The van der Waals surface area contributed by atoms with E-state index in [0.29, 0.717) is 0 Å². The fourth-order valence-corrected chi connectivity index (χ4v) is 3.19. The smallest absolute Gasteiger partial charge is 0.860 e. The van der Waals surface area contributed by atoms with Crippen LogP contribution in [0.15, 0.2) is 66.1 Å². The zero-order chi connectivity index (χ0) is 16.6. The first-order valence-electron chi connectivity index (χ1n) is 7.84. The molecule has 1 unspecified atom stereocenters. The number of rotatable bonds is 3. The van der Waals surface area contributed by atoms with Crippen LogP contribution in [-0.2, 0) is 0 Å². The van der Waals surface area contributed by atoms with Crippen molar-refractivity contribution in [2.75, 3.05) is 12.0 Å². The van der Waals surface area contributed by atoms with Crippen molar-refractivity contribution in [3.05, 3.63) is 71.6 Å². The molecule has 2 aromatic rings. The van der Waals surface area contributed by atoms with E-state index in [1.807, 2.05) is 47.4 Å². The zero-order valence-electron chi connectivity index (χ0n) is 15.0. The summed E-state index contributed by atoms with van der Waals surface area (Å²) >= 11 is 0. The van der Waals surface area contributed by atoms with E-state index >= 15 is 0 Å². The Hall–Kier alpha value is -1.82. The number of nitrogens with zero attached hydrogens (tertiary/aromatic N) is 1. The van der Waals surface area contributed by atoms with Crippen LogP contribution in [0.2, 0.25) is 0 Å². The van der Waals surface area contributed by atoms with Crippen LogP contribution in [-0.4, -0.2) is 7.11 Å². The van der Waals surface area contributed by atoms with Gasteiger partial charge in [-0.05, 0) is 34.6 Å². The van der Waals surface area contributed by atoms with Crippen LogP contribution in [0, 0.1) is 5.41 Å². The van der Waals surface area contributed by atoms with Crippen LogP contribution >= 0.6 is 0 Å². The number of ether oxygens (including phenoxy) is 1. The molecule has 0 saturated heterocycles. The van der Waals surface area contributed by atoms with Crippen LogP contribution < -0.4 is 33.6 Å². The first kappa shape index (κ1) is 18.5. The summed E-state index contributed by atoms with van der Waals surface area (Å²) in [5.41, 5.74) is 2.72. The molecule has 0 amide bonds. The molecule has 0 aliphatic carbocycles. The van der Waals surface area contributed by atoms with Gasteiger partial charge in [-0.1, -0.05) is 63.2 Å². The van der Waals surface area contributed by atoms with E-state index in [4.69, 9.17) is 4.74 Å². The molecule has 1 heterocycles. The third-order valence-corrected chi connectivity index (χ3v) is 4.25. The molecule has 120 valence electrons. The van der Waals surface area contributed by atoms with Crippen LogP contribution in [0.4, 0.5) is 5.69 Å². The van der Waals surface area contributed by atoms with Crippen LogP contribution in [0.25, 0.3) is 0 Å². The van der Waals surface area contributed by atoms with Crippen molar-refractivity contribution in [2.45, 2.75) is 26.8 Å². The van der Waals surface area contributed by atoms with E-state index < -0.39 is 0 Å². The largest absolute Gasteiger partial charge is 1.00 e. The van der Waals surface area contributed by atoms with Gasteiger partial charge in [0.2, 0.25) is 0 Å². The standard InChI is InChI=1S/C20H23NO2.Li/c1-20(2,3)17-18(14-10-6-5-7-11-14)21(19(17)22)15-12-8-9-13-16(15)23-4;/h5-13,18,22H,1-4H3;/q;+1/p-1. The molecule has 0 saturated carbocycles. The maximum atomic E-state index is 12.9. The van der Waals surface area contributed by atoms with Crippen molar-refractivity contribution >= 4 is 5.69 Å². The van der Waals surface area contributed by atoms with Gasteiger partial charge in [-0.2, -0.15) is 0 Å². The molecule has 1 atom stereocenters. The van der Waals surface area contributed by atoms with E-state index in [0.717, 1.165) is 22.6 Å². The molecule has 24 heavy (non-hydrogen) atoms. The van der Waals surface area contributed by atoms with Crippen LogP contribution in [0.1, 0.15) is 32.4 Å². The molecule has 3 nitrogen and oxygen atoms in total. The van der Waals surface area contributed by atoms with Crippen molar-refractivity contribution in [1.29, 1.82) is 0 Å². The average Bonchev–Trinajstić information content (AvgIpc) is 2.52. The van der Waals surface area contributed by atoms with Gasteiger partial charge in [0.15, 0.2) is 0 Å². The third-order valence-electron chi connectivity index (χ3n) is 4.25. The minimum Gasteiger partial charge on any atom is -0.860 e. The molecule has 1 aliphatic heterocycles. The molecule has 1 aliphatic rings. The SMILES string of the molecule is COc1ccccc1N1C([O-])=C(C(C)(C)C)C1c1ccccc1.[Li+]. The maximum absolute atomic E-state index is 12.9. The van der Waals surface area contributed by atoms with Crippen molar-refractivity contribution < 1.29 is 28.7 Å². The molecule has 0 bridgehead atoms. The van der Waals surface area contributed by atoms with E-state index in [2.05, 4.69) is 32.9 Å². The molecular weight excluding hydrogens is 293 g/mol. The van der Waals surface area contributed by atoms with Crippen LogP contribution in [0.3, 0.4) is 0 Å². The van der Waals surface area contributed by atoms with Crippen molar-refractivity contribution in [3.63, 3.8) is 0 Å². The normalized spacial score (nSPS) is 17.2. The van der Waals surface area contributed by atoms with Gasteiger partial charge in [-0.15, -0.1) is 0 Å². The Balaban J connectivity index is 0.00000208. The molecule has 4 heteroatoms. The maximum Gasteiger partial charge on any atom is 1.00 e. The summed E-state index contributed by atoms with van der Waals surface area (Å²) in [7, 11) is 1.63. The predicted octanol–water partition coefficient (Wildman–Crippen LogP) is 0.878. The number of methoxy groups -OCH3 is 1. The predicted molar refractivity (Wildman–Crippen MR) is 91.1 cm³/mol. The van der Waals surface area contributed by atoms with E-state index in [-0.39, 0.29) is 36.2 Å².